The van der Waals surface area contributed by atoms with Crippen molar-refractivity contribution in [2.24, 2.45) is 0 Å². The van der Waals surface area contributed by atoms with Gasteiger partial charge in [-0.15, -0.1) is 0 Å². The highest BCUT2D eigenvalue weighted by atomic mass is 79.9. The van der Waals surface area contributed by atoms with Gasteiger partial charge in [0.15, 0.2) is 4.67 Å². The summed E-state index contributed by atoms with van der Waals surface area (Å²) in [5.41, 5.74) is 0.521. The molecule has 0 aliphatic rings. The fraction of sp³-hybridized carbons (Fsp3) is 0.273. The van der Waals surface area contributed by atoms with Gasteiger partial charge in [0.05, 0.1) is 18.2 Å². The number of halogens is 1. The summed E-state index contributed by atoms with van der Waals surface area (Å²) >= 11 is 3.17. The maximum absolute atomic E-state index is 11.7. The van der Waals surface area contributed by atoms with Crippen LogP contribution in [0.2, 0.25) is 0 Å². The monoisotopic (exact) mass is 297 g/mol. The van der Waals surface area contributed by atoms with Crippen LogP contribution in [-0.2, 0) is 6.54 Å². The summed E-state index contributed by atoms with van der Waals surface area (Å²) < 4.78 is 7.43. The predicted molar refractivity (Wildman–Crippen MR) is 65.6 cm³/mol. The minimum atomic E-state index is -0.128. The Labute approximate surface area is 107 Å². The maximum atomic E-state index is 11.7. The molecular weight excluding hydrogens is 286 g/mol. The summed E-state index contributed by atoms with van der Waals surface area (Å²) in [4.78, 5) is 15.6. The summed E-state index contributed by atoms with van der Waals surface area (Å²) in [5, 5.41) is 2.83. The van der Waals surface area contributed by atoms with E-state index in [4.69, 9.17) is 4.42 Å². The van der Waals surface area contributed by atoms with E-state index in [0.29, 0.717) is 16.8 Å². The lowest BCUT2D eigenvalue weighted by Gasteiger charge is -2.04. The van der Waals surface area contributed by atoms with Crippen LogP contribution in [0.4, 0.5) is 0 Å². The normalized spacial score (nSPS) is 10.4. The number of carbonyl (C=O) groups is 1. The molecule has 0 bridgehead atoms. The van der Waals surface area contributed by atoms with Gasteiger partial charge in [0, 0.05) is 25.5 Å². The van der Waals surface area contributed by atoms with Gasteiger partial charge in [0.1, 0.15) is 0 Å². The van der Waals surface area contributed by atoms with Gasteiger partial charge in [0.2, 0.25) is 0 Å². The zero-order chi connectivity index (χ0) is 12.1. The Hall–Kier alpha value is -1.56. The van der Waals surface area contributed by atoms with Crippen LogP contribution < -0.4 is 5.32 Å². The number of aryl methyl sites for hydroxylation is 1. The number of furan rings is 1. The van der Waals surface area contributed by atoms with Gasteiger partial charge in [-0.3, -0.25) is 4.79 Å². The number of rotatable bonds is 5. The molecule has 1 N–H and O–H groups in total. The van der Waals surface area contributed by atoms with Crippen molar-refractivity contribution in [1.82, 2.24) is 14.9 Å². The van der Waals surface area contributed by atoms with E-state index in [1.807, 2.05) is 10.8 Å². The van der Waals surface area contributed by atoms with Gasteiger partial charge in [-0.05, 0) is 28.4 Å². The molecule has 1 amide bonds. The van der Waals surface area contributed by atoms with Gasteiger partial charge in [0.25, 0.3) is 5.91 Å². The Kier molecular flexibility index (Phi) is 3.98. The van der Waals surface area contributed by atoms with E-state index in [1.54, 1.807) is 18.6 Å². The number of amides is 1. The molecule has 0 saturated heterocycles. The SMILES string of the molecule is O=C(NCCCn1ccnc1)c1ccoc1Br. The first kappa shape index (κ1) is 11.9. The lowest BCUT2D eigenvalue weighted by atomic mass is 10.3. The number of imidazole rings is 1. The number of hydrogen-bond acceptors (Lipinski definition) is 3. The Morgan fingerprint density at radius 1 is 1.59 bits per heavy atom. The summed E-state index contributed by atoms with van der Waals surface area (Å²) in [6.07, 6.45) is 7.73. The van der Waals surface area contributed by atoms with E-state index in [9.17, 15) is 4.79 Å². The zero-order valence-corrected chi connectivity index (χ0v) is 10.7. The average molecular weight is 298 g/mol. The topological polar surface area (TPSA) is 60.1 Å². The molecule has 0 aromatic carbocycles. The molecule has 0 aliphatic carbocycles. The molecule has 5 nitrogen and oxygen atoms in total. The van der Waals surface area contributed by atoms with E-state index in [0.717, 1.165) is 13.0 Å². The van der Waals surface area contributed by atoms with Crippen molar-refractivity contribution in [2.75, 3.05) is 6.54 Å². The molecule has 2 rings (SSSR count). The van der Waals surface area contributed by atoms with Crippen molar-refractivity contribution in [2.45, 2.75) is 13.0 Å². The van der Waals surface area contributed by atoms with E-state index in [2.05, 4.69) is 26.2 Å². The fourth-order valence-corrected chi connectivity index (χ4v) is 1.85. The van der Waals surface area contributed by atoms with Crippen molar-refractivity contribution in [1.29, 1.82) is 0 Å². The quantitative estimate of drug-likeness (QED) is 0.860. The first-order valence-electron chi connectivity index (χ1n) is 5.24. The fourth-order valence-electron chi connectivity index (χ4n) is 1.43. The average Bonchev–Trinajstić information content (AvgIpc) is 2.95. The Balaban J connectivity index is 1.72. The van der Waals surface area contributed by atoms with Crippen molar-refractivity contribution in [3.8, 4) is 0 Å². The smallest absolute Gasteiger partial charge is 0.255 e. The second kappa shape index (κ2) is 5.67. The number of nitrogens with zero attached hydrogens (tertiary/aromatic N) is 2. The summed E-state index contributed by atoms with van der Waals surface area (Å²) in [7, 11) is 0. The lowest BCUT2D eigenvalue weighted by Crippen LogP contribution is -2.25. The molecule has 0 atom stereocenters. The molecule has 0 spiro atoms. The van der Waals surface area contributed by atoms with E-state index in [1.165, 1.54) is 6.26 Å². The van der Waals surface area contributed by atoms with E-state index >= 15 is 0 Å². The number of hydrogen-bond donors (Lipinski definition) is 1. The van der Waals surface area contributed by atoms with E-state index < -0.39 is 0 Å². The second-order valence-electron chi connectivity index (χ2n) is 3.52. The van der Waals surface area contributed by atoms with Gasteiger partial charge < -0.3 is 14.3 Å². The van der Waals surface area contributed by atoms with Gasteiger partial charge in [-0.1, -0.05) is 0 Å². The third-order valence-electron chi connectivity index (χ3n) is 2.30. The number of carbonyl (C=O) groups excluding carboxylic acids is 1. The summed E-state index contributed by atoms with van der Waals surface area (Å²) in [5.74, 6) is -0.128. The molecule has 2 aromatic rings. The third kappa shape index (κ3) is 3.20. The van der Waals surface area contributed by atoms with Gasteiger partial charge >= 0.3 is 0 Å². The first-order valence-corrected chi connectivity index (χ1v) is 6.03. The first-order chi connectivity index (χ1) is 8.27. The van der Waals surface area contributed by atoms with Crippen molar-refractivity contribution < 1.29 is 9.21 Å². The van der Waals surface area contributed by atoms with Crippen molar-refractivity contribution in [3.63, 3.8) is 0 Å². The van der Waals surface area contributed by atoms with Crippen LogP contribution in [-0.4, -0.2) is 22.0 Å². The molecule has 0 aliphatic heterocycles. The lowest BCUT2D eigenvalue weighted by molar-refractivity contribution is 0.0951. The third-order valence-corrected chi connectivity index (χ3v) is 2.91. The second-order valence-corrected chi connectivity index (χ2v) is 4.24. The minimum absolute atomic E-state index is 0.128. The van der Waals surface area contributed by atoms with E-state index in [-0.39, 0.29) is 5.91 Å². The summed E-state index contributed by atoms with van der Waals surface area (Å²) in [6.45, 7) is 1.46. The zero-order valence-electron chi connectivity index (χ0n) is 9.10. The molecule has 0 radical (unpaired) electrons. The Morgan fingerprint density at radius 2 is 2.47 bits per heavy atom. The van der Waals surface area contributed by atoms with Crippen molar-refractivity contribution >= 4 is 21.8 Å². The van der Waals surface area contributed by atoms with Crippen LogP contribution in [0, 0.1) is 0 Å². The molecule has 0 unspecified atom stereocenters. The van der Waals surface area contributed by atoms with Crippen LogP contribution in [0.5, 0.6) is 0 Å². The highest BCUT2D eigenvalue weighted by Crippen LogP contribution is 2.16. The maximum Gasteiger partial charge on any atom is 0.255 e. The standard InChI is InChI=1S/C11H12BrN3O2/c12-10-9(2-7-17-10)11(16)14-3-1-5-15-6-4-13-8-15/h2,4,6-8H,1,3,5H2,(H,14,16). The van der Waals surface area contributed by atoms with Gasteiger partial charge in [-0.25, -0.2) is 4.98 Å². The number of nitrogens with one attached hydrogen (secondary N) is 1. The largest absolute Gasteiger partial charge is 0.457 e. The number of aromatic nitrogens is 2. The molecule has 0 fully saturated rings. The Morgan fingerprint density at radius 3 is 3.12 bits per heavy atom. The molecule has 2 aromatic heterocycles. The van der Waals surface area contributed by atoms with Crippen LogP contribution >= 0.6 is 15.9 Å². The molecule has 2 heterocycles. The highest BCUT2D eigenvalue weighted by Gasteiger charge is 2.11. The Bertz CT molecular complexity index is 479. The van der Waals surface area contributed by atoms with Crippen LogP contribution in [0.3, 0.4) is 0 Å². The summed E-state index contributed by atoms with van der Waals surface area (Å²) in [6, 6.07) is 1.63. The molecule has 6 heteroatoms. The van der Waals surface area contributed by atoms with Crippen molar-refractivity contribution in [3.05, 3.63) is 41.3 Å². The minimum Gasteiger partial charge on any atom is -0.457 e. The molecule has 17 heavy (non-hydrogen) atoms. The predicted octanol–water partition coefficient (Wildman–Crippen LogP) is 2.06. The highest BCUT2D eigenvalue weighted by molar-refractivity contribution is 9.10. The molecular formula is C11H12BrN3O2. The molecule has 0 saturated carbocycles. The van der Waals surface area contributed by atoms with Crippen LogP contribution in [0.15, 0.2) is 40.1 Å². The molecule has 90 valence electrons. The van der Waals surface area contributed by atoms with Crippen LogP contribution in [0.1, 0.15) is 16.8 Å². The van der Waals surface area contributed by atoms with Gasteiger partial charge in [-0.2, -0.15) is 0 Å². The van der Waals surface area contributed by atoms with Crippen LogP contribution in [0.25, 0.3) is 0 Å².